The van der Waals surface area contributed by atoms with Crippen LogP contribution in [0.4, 0.5) is 13.2 Å². The lowest BCUT2D eigenvalue weighted by Gasteiger charge is -2.51. The molecule has 1 unspecified atom stereocenters. The summed E-state index contributed by atoms with van der Waals surface area (Å²) in [5, 5.41) is 48.8. The fraction of sp³-hybridized carbons (Fsp3) is 0.462. The second-order valence-corrected chi connectivity index (χ2v) is 13.1. The van der Waals surface area contributed by atoms with Crippen LogP contribution in [-0.4, -0.2) is 117 Å². The molecule has 43 heavy (non-hydrogen) atoms. The van der Waals surface area contributed by atoms with Gasteiger partial charge >= 0.3 is 0 Å². The number of aromatic nitrogens is 8. The van der Waals surface area contributed by atoms with Gasteiger partial charge in [-0.15, -0.1) is 10.2 Å². The Labute approximate surface area is 245 Å². The van der Waals surface area contributed by atoms with Crippen LogP contribution >= 0.6 is 10.9 Å². The molecule has 2 saturated heterocycles. The van der Waals surface area contributed by atoms with Crippen molar-refractivity contribution in [2.45, 2.75) is 40.9 Å². The molecule has 230 valence electrons. The highest BCUT2D eigenvalue weighted by atomic mass is 32.2. The average Bonchev–Trinajstić information content (AvgIpc) is 3.71. The maximum Gasteiger partial charge on any atom is 0.194 e. The van der Waals surface area contributed by atoms with Gasteiger partial charge in [0.1, 0.15) is 29.8 Å². The molecule has 17 heteroatoms. The Hall–Kier alpha value is -3.48. The summed E-state index contributed by atoms with van der Waals surface area (Å²) in [7, 11) is 0.191. The summed E-state index contributed by atoms with van der Waals surface area (Å²) in [4.78, 5) is 7.99. The number of nitrogens with zero attached hydrogens (tertiary/aromatic N) is 8. The molecule has 0 spiro atoms. The zero-order valence-corrected chi connectivity index (χ0v) is 23.6. The van der Waals surface area contributed by atoms with Crippen LogP contribution in [0.1, 0.15) is 12.1 Å². The van der Waals surface area contributed by atoms with E-state index in [0.29, 0.717) is 17.0 Å². The van der Waals surface area contributed by atoms with Crippen LogP contribution in [0.15, 0.2) is 43.2 Å². The molecule has 8 atom stereocenters. The third-order valence-electron chi connectivity index (χ3n) is 8.03. The predicted octanol–water partition coefficient (Wildman–Crippen LogP) is 0.705. The summed E-state index contributed by atoms with van der Waals surface area (Å²) in [5.74, 6) is -3.96. The Kier molecular flexibility index (Phi) is 8.43. The van der Waals surface area contributed by atoms with E-state index >= 15 is 0 Å². The van der Waals surface area contributed by atoms with E-state index in [9.17, 15) is 28.5 Å². The van der Waals surface area contributed by atoms with Crippen LogP contribution < -0.4 is 0 Å². The Morgan fingerprint density at radius 2 is 1.60 bits per heavy atom. The lowest BCUT2D eigenvalue weighted by atomic mass is 10.0. The molecule has 0 saturated carbocycles. The van der Waals surface area contributed by atoms with Gasteiger partial charge < -0.3 is 24.8 Å². The lowest BCUT2D eigenvalue weighted by molar-refractivity contribution is -0.0339. The number of ether oxygens (including phenoxy) is 2. The number of rotatable bonds is 7. The second-order valence-electron chi connectivity index (χ2n) is 10.4. The van der Waals surface area contributed by atoms with Gasteiger partial charge in [0, 0.05) is 46.9 Å². The highest BCUT2D eigenvalue weighted by Crippen LogP contribution is 2.51. The lowest BCUT2D eigenvalue weighted by Crippen LogP contribution is -2.55. The van der Waals surface area contributed by atoms with Crippen molar-refractivity contribution in [1.29, 1.82) is 0 Å². The van der Waals surface area contributed by atoms with Crippen LogP contribution in [0, 0.1) is 17.5 Å². The third-order valence-corrected chi connectivity index (χ3v) is 11.4. The minimum atomic E-state index is -1.59. The Balaban J connectivity index is 1.24. The zero-order valence-electron chi connectivity index (χ0n) is 22.7. The van der Waals surface area contributed by atoms with Crippen molar-refractivity contribution >= 4 is 10.9 Å². The van der Waals surface area contributed by atoms with Crippen molar-refractivity contribution in [3.05, 3.63) is 60.7 Å². The fourth-order valence-electron chi connectivity index (χ4n) is 5.78. The Morgan fingerprint density at radius 1 is 0.953 bits per heavy atom. The van der Waals surface area contributed by atoms with Gasteiger partial charge in [0.2, 0.25) is 0 Å². The summed E-state index contributed by atoms with van der Waals surface area (Å²) in [5.41, 5.74) is 1.22. The largest absolute Gasteiger partial charge is 0.395 e. The van der Waals surface area contributed by atoms with Gasteiger partial charge in [0.15, 0.2) is 17.5 Å². The van der Waals surface area contributed by atoms with Crippen LogP contribution in [0.25, 0.3) is 22.5 Å². The number of aliphatic hydroxyl groups excluding tert-OH is 3. The van der Waals surface area contributed by atoms with Crippen molar-refractivity contribution in [2.75, 3.05) is 32.7 Å². The number of hydrogen-bond donors (Lipinski definition) is 4. The summed E-state index contributed by atoms with van der Waals surface area (Å²) >= 11 is 0. The summed E-state index contributed by atoms with van der Waals surface area (Å²) in [6, 6.07) is 0.220. The smallest absolute Gasteiger partial charge is 0.194 e. The second kappa shape index (κ2) is 12.3. The molecule has 0 radical (unpaired) electrons. The van der Waals surface area contributed by atoms with Crippen molar-refractivity contribution in [2.24, 2.45) is 0 Å². The molecule has 0 bridgehead atoms. The normalized spacial score (nSPS) is 30.4. The van der Waals surface area contributed by atoms with Crippen molar-refractivity contribution in [3.63, 3.8) is 0 Å². The summed E-state index contributed by atoms with van der Waals surface area (Å²) in [6.45, 7) is 0.00592. The molecule has 6 rings (SSSR count). The Morgan fingerprint density at radius 3 is 2.28 bits per heavy atom. The van der Waals surface area contributed by atoms with Gasteiger partial charge in [0.05, 0.1) is 50.5 Å². The van der Waals surface area contributed by atoms with Crippen molar-refractivity contribution in [3.8, 4) is 22.5 Å². The van der Waals surface area contributed by atoms with E-state index < -0.39 is 69.2 Å². The van der Waals surface area contributed by atoms with E-state index in [1.165, 1.54) is 29.0 Å². The first kappa shape index (κ1) is 29.6. The molecule has 3 N–H and O–H groups in total. The van der Waals surface area contributed by atoms with Crippen LogP contribution in [0.2, 0.25) is 0 Å². The molecule has 2 aliphatic heterocycles. The van der Waals surface area contributed by atoms with Gasteiger partial charge in [0.25, 0.3) is 0 Å². The number of benzene rings is 1. The molecular formula is C26H29F3N8O5S. The zero-order chi connectivity index (χ0) is 30.2. The van der Waals surface area contributed by atoms with Crippen LogP contribution in [-0.2, 0) is 9.47 Å². The van der Waals surface area contributed by atoms with Gasteiger partial charge in [-0.05, 0) is 12.1 Å². The minimum absolute atomic E-state index is 0.0348. The molecule has 2 aliphatic rings. The minimum Gasteiger partial charge on any atom is -0.395 e. The standard InChI is InChI=1S/C26H29F3N8O5S/c1-41-20-11-43(22-10-42-9-19(25(22)39)36-6-18(33-34-36)14-4-30-12-31-5-14)21(8-38)26(40)24(20)37-7-17(32-35-37)13-2-15(27)23(29)16(28)3-13/h2-7,12,19-22,24-26,38-40,43H,8-11H2,1H3/t19-,20-,21+,22+,24+,25+,26-/m0/s1. The van der Waals surface area contributed by atoms with E-state index in [-0.39, 0.29) is 31.1 Å². The molecular weight excluding hydrogens is 593 g/mol. The fourth-order valence-corrected chi connectivity index (χ4v) is 9.26. The SMILES string of the molecule is CO[C@H]1C[SH]([C@@H]2COC[C@H](n3cc(-c4cncnc4)nn3)[C@H]2O)[C@H](CO)[C@H](O)[C@@H]1n1cc(-c2cc(F)c(F)c(F)c2)nn1. The molecule has 0 amide bonds. The van der Waals surface area contributed by atoms with E-state index in [4.69, 9.17) is 9.47 Å². The maximum atomic E-state index is 13.8. The summed E-state index contributed by atoms with van der Waals surface area (Å²) < 4.78 is 55.6. The Bertz CT molecular complexity index is 1540. The predicted molar refractivity (Wildman–Crippen MR) is 147 cm³/mol. The highest BCUT2D eigenvalue weighted by molar-refractivity contribution is 8.18. The first-order chi connectivity index (χ1) is 20.8. The number of halogens is 3. The van der Waals surface area contributed by atoms with E-state index in [0.717, 1.165) is 12.1 Å². The quantitative estimate of drug-likeness (QED) is 0.169. The maximum absolute atomic E-state index is 13.8. The number of methoxy groups -OCH3 is 1. The number of hydrogen-bond acceptors (Lipinski definition) is 11. The summed E-state index contributed by atoms with van der Waals surface area (Å²) in [6.07, 6.45) is 4.93. The van der Waals surface area contributed by atoms with E-state index in [1.54, 1.807) is 18.6 Å². The first-order valence-electron chi connectivity index (χ1n) is 13.4. The van der Waals surface area contributed by atoms with E-state index in [2.05, 4.69) is 30.6 Å². The number of aliphatic hydroxyl groups is 3. The average molecular weight is 623 g/mol. The van der Waals surface area contributed by atoms with Gasteiger partial charge in [-0.3, -0.25) is 0 Å². The van der Waals surface area contributed by atoms with Gasteiger partial charge in [-0.1, -0.05) is 10.4 Å². The number of thiol groups is 1. The van der Waals surface area contributed by atoms with Crippen LogP contribution in [0.5, 0.6) is 0 Å². The van der Waals surface area contributed by atoms with Crippen molar-refractivity contribution in [1.82, 2.24) is 40.0 Å². The van der Waals surface area contributed by atoms with E-state index in [1.807, 2.05) is 0 Å². The third kappa shape index (κ3) is 5.51. The molecule has 1 aromatic carbocycles. The molecule has 4 aromatic rings. The van der Waals surface area contributed by atoms with Gasteiger partial charge in [-0.2, -0.15) is 0 Å². The van der Waals surface area contributed by atoms with Crippen LogP contribution in [0.3, 0.4) is 0 Å². The molecule has 5 heterocycles. The van der Waals surface area contributed by atoms with Gasteiger partial charge in [-0.25, -0.2) is 43.4 Å². The molecule has 3 aromatic heterocycles. The molecule has 0 aliphatic carbocycles. The molecule has 13 nitrogen and oxygen atoms in total. The van der Waals surface area contributed by atoms with Crippen molar-refractivity contribution < 1.29 is 38.0 Å². The first-order valence-corrected chi connectivity index (χ1v) is 15.0. The topological polar surface area (TPSA) is 166 Å². The molecule has 2 fully saturated rings. The highest BCUT2D eigenvalue weighted by Gasteiger charge is 2.49. The monoisotopic (exact) mass is 622 g/mol.